The highest BCUT2D eigenvalue weighted by Crippen LogP contribution is 2.39. The Bertz CT molecular complexity index is 1160. The number of para-hydroxylation sites is 2. The number of ether oxygens (including phenoxy) is 4. The average molecular weight is 483 g/mol. The number of thiocarbonyl (C=S) groups is 1. The second kappa shape index (κ2) is 10.6. The Balaban J connectivity index is 1.66. The second-order valence-corrected chi connectivity index (χ2v) is 8.15. The van der Waals surface area contributed by atoms with Gasteiger partial charge in [0, 0.05) is 12.2 Å². The molecule has 0 spiro atoms. The summed E-state index contributed by atoms with van der Waals surface area (Å²) >= 11 is 5.77. The summed E-state index contributed by atoms with van der Waals surface area (Å²) in [6.07, 6.45) is 0.770. The van der Waals surface area contributed by atoms with E-state index in [-0.39, 0.29) is 11.9 Å². The molecule has 0 saturated heterocycles. The van der Waals surface area contributed by atoms with Crippen LogP contribution in [0.4, 0.5) is 10.1 Å². The zero-order valence-corrected chi connectivity index (χ0v) is 20.2. The molecule has 3 aromatic carbocycles. The van der Waals surface area contributed by atoms with E-state index in [2.05, 4.69) is 10.2 Å². The summed E-state index contributed by atoms with van der Waals surface area (Å²) in [4.78, 5) is 2.09. The number of hydrogen-bond donors (Lipinski definition) is 1. The van der Waals surface area contributed by atoms with E-state index < -0.39 is 0 Å². The monoisotopic (exact) mass is 482 g/mol. The normalized spacial score (nSPS) is 14.7. The van der Waals surface area contributed by atoms with Gasteiger partial charge in [-0.15, -0.1) is 0 Å². The van der Waals surface area contributed by atoms with Crippen LogP contribution < -0.4 is 24.3 Å². The summed E-state index contributed by atoms with van der Waals surface area (Å²) in [5.41, 5.74) is 2.91. The predicted octanol–water partition coefficient (Wildman–Crippen LogP) is 5.23. The van der Waals surface area contributed by atoms with Crippen molar-refractivity contribution in [2.45, 2.75) is 12.5 Å². The Morgan fingerprint density at radius 2 is 1.59 bits per heavy atom. The van der Waals surface area contributed by atoms with Crippen LogP contribution in [-0.4, -0.2) is 44.5 Å². The van der Waals surface area contributed by atoms with Gasteiger partial charge in [-0.05, 0) is 78.3 Å². The van der Waals surface area contributed by atoms with Crippen LogP contribution in [0, 0.1) is 5.82 Å². The molecule has 4 rings (SSSR count). The van der Waals surface area contributed by atoms with Crippen LogP contribution in [-0.2, 0) is 6.42 Å². The van der Waals surface area contributed by atoms with Crippen molar-refractivity contribution in [2.75, 3.05) is 39.8 Å². The smallest absolute Gasteiger partial charge is 0.174 e. The van der Waals surface area contributed by atoms with Crippen LogP contribution in [0.2, 0.25) is 0 Å². The van der Waals surface area contributed by atoms with Crippen molar-refractivity contribution in [3.63, 3.8) is 0 Å². The maximum Gasteiger partial charge on any atom is 0.174 e. The van der Waals surface area contributed by atoms with Gasteiger partial charge in [0.25, 0.3) is 0 Å². The molecule has 0 radical (unpaired) electrons. The fraction of sp³-hybridized carbons (Fsp3) is 0.269. The van der Waals surface area contributed by atoms with Crippen molar-refractivity contribution >= 4 is 23.0 Å². The highest BCUT2D eigenvalue weighted by Gasteiger charge is 2.31. The van der Waals surface area contributed by atoms with Gasteiger partial charge >= 0.3 is 0 Å². The molecule has 8 heteroatoms. The number of nitrogens with zero attached hydrogens (tertiary/aromatic N) is 1. The molecule has 34 heavy (non-hydrogen) atoms. The van der Waals surface area contributed by atoms with Crippen LogP contribution in [0.5, 0.6) is 23.0 Å². The number of benzene rings is 3. The molecule has 1 aliphatic heterocycles. The van der Waals surface area contributed by atoms with Crippen LogP contribution in [0.3, 0.4) is 0 Å². The number of hydrogen-bond acceptors (Lipinski definition) is 5. The number of fused-ring (bicyclic) bond motifs is 1. The van der Waals surface area contributed by atoms with Crippen molar-refractivity contribution in [3.8, 4) is 23.0 Å². The lowest BCUT2D eigenvalue weighted by Gasteiger charge is -2.39. The fourth-order valence-corrected chi connectivity index (χ4v) is 4.42. The number of nitrogens with one attached hydrogen (secondary N) is 1. The summed E-state index contributed by atoms with van der Waals surface area (Å²) in [6, 6.07) is 17.4. The molecule has 178 valence electrons. The summed E-state index contributed by atoms with van der Waals surface area (Å²) in [5.74, 6) is 2.33. The first kappa shape index (κ1) is 23.6. The highest BCUT2D eigenvalue weighted by atomic mass is 32.1. The molecule has 0 aliphatic carbocycles. The molecule has 1 aliphatic rings. The average Bonchev–Trinajstić information content (AvgIpc) is 2.87. The van der Waals surface area contributed by atoms with Gasteiger partial charge in [-0.25, -0.2) is 4.39 Å². The van der Waals surface area contributed by atoms with Crippen molar-refractivity contribution in [2.24, 2.45) is 0 Å². The highest BCUT2D eigenvalue weighted by molar-refractivity contribution is 7.80. The molecule has 0 fully saturated rings. The molecular weight excluding hydrogens is 455 g/mol. The topological polar surface area (TPSA) is 52.2 Å². The van der Waals surface area contributed by atoms with E-state index in [9.17, 15) is 4.39 Å². The molecule has 1 atom stereocenters. The molecule has 1 heterocycles. The van der Waals surface area contributed by atoms with Crippen LogP contribution in [0.1, 0.15) is 17.2 Å². The number of rotatable bonds is 7. The number of methoxy groups -OCH3 is 3. The third-order valence-corrected chi connectivity index (χ3v) is 6.16. The first-order valence-electron chi connectivity index (χ1n) is 10.9. The van der Waals surface area contributed by atoms with Crippen molar-refractivity contribution in [1.29, 1.82) is 0 Å². The van der Waals surface area contributed by atoms with E-state index in [0.717, 1.165) is 17.5 Å². The van der Waals surface area contributed by atoms with Crippen LogP contribution in [0.25, 0.3) is 0 Å². The number of anilines is 1. The number of halogens is 1. The molecule has 1 N–H and O–H groups in total. The predicted molar refractivity (Wildman–Crippen MR) is 134 cm³/mol. The molecule has 3 aromatic rings. The van der Waals surface area contributed by atoms with Gasteiger partial charge in [-0.2, -0.15) is 0 Å². The van der Waals surface area contributed by atoms with E-state index in [0.29, 0.717) is 46.9 Å². The minimum absolute atomic E-state index is 0.200. The van der Waals surface area contributed by atoms with Gasteiger partial charge in [-0.3, -0.25) is 0 Å². The summed E-state index contributed by atoms with van der Waals surface area (Å²) in [7, 11) is 4.86. The maximum atomic E-state index is 13.3. The van der Waals surface area contributed by atoms with Gasteiger partial charge in [0.15, 0.2) is 28.1 Å². The molecule has 0 unspecified atom stereocenters. The van der Waals surface area contributed by atoms with Crippen LogP contribution in [0.15, 0.2) is 60.7 Å². The third kappa shape index (κ3) is 5.02. The first-order valence-corrected chi connectivity index (χ1v) is 11.3. The lowest BCUT2D eigenvalue weighted by molar-refractivity contribution is 0.185. The molecule has 0 saturated carbocycles. The van der Waals surface area contributed by atoms with E-state index in [1.54, 1.807) is 33.5 Å². The van der Waals surface area contributed by atoms with Crippen molar-refractivity contribution in [3.05, 3.63) is 77.6 Å². The van der Waals surface area contributed by atoms with Crippen molar-refractivity contribution in [1.82, 2.24) is 4.90 Å². The van der Waals surface area contributed by atoms with E-state index in [1.807, 2.05) is 36.4 Å². The first-order chi connectivity index (χ1) is 16.5. The van der Waals surface area contributed by atoms with E-state index in [4.69, 9.17) is 31.2 Å². The van der Waals surface area contributed by atoms with Crippen molar-refractivity contribution < 1.29 is 23.3 Å². The zero-order chi connectivity index (χ0) is 24.1. The third-order valence-electron chi connectivity index (χ3n) is 5.82. The Kier molecular flexibility index (Phi) is 7.37. The minimum Gasteiger partial charge on any atom is -0.493 e. The lowest BCUT2D eigenvalue weighted by Crippen LogP contribution is -2.44. The molecule has 0 bridgehead atoms. The standard InChI is InChI=1S/C26H27FN2O4S/c1-30-22-6-4-5-7-23(22)33-16-21-20-15-25(32-3)24(31-2)14-17(20)12-13-29(21)26(34)28-19-10-8-18(27)9-11-19/h4-11,14-15,21H,12-13,16H2,1-3H3,(H,28,34)/t21-/m1/s1. The molecule has 0 aromatic heterocycles. The molecule has 0 amide bonds. The Labute approximate surface area is 204 Å². The summed E-state index contributed by atoms with van der Waals surface area (Å²) in [6.45, 7) is 1.00. The second-order valence-electron chi connectivity index (χ2n) is 7.76. The quantitative estimate of drug-likeness (QED) is 0.463. The van der Waals surface area contributed by atoms with Crippen LogP contribution >= 0.6 is 12.2 Å². The Hall–Kier alpha value is -3.52. The SMILES string of the molecule is COc1cc2c(cc1OC)[C@@H](COc1ccccc1OC)N(C(=S)Nc1ccc(F)cc1)CC2. The van der Waals surface area contributed by atoms with E-state index >= 15 is 0 Å². The Morgan fingerprint density at radius 3 is 2.26 bits per heavy atom. The Morgan fingerprint density at radius 1 is 0.941 bits per heavy atom. The van der Waals surface area contributed by atoms with E-state index in [1.165, 1.54) is 12.1 Å². The van der Waals surface area contributed by atoms with Gasteiger partial charge in [0.05, 0.1) is 27.4 Å². The zero-order valence-electron chi connectivity index (χ0n) is 19.3. The lowest BCUT2D eigenvalue weighted by atomic mass is 9.92. The van der Waals surface area contributed by atoms with Gasteiger partial charge in [0.2, 0.25) is 0 Å². The molecule has 6 nitrogen and oxygen atoms in total. The fourth-order valence-electron chi connectivity index (χ4n) is 4.09. The molecular formula is C26H27FN2O4S. The minimum atomic E-state index is -0.299. The largest absolute Gasteiger partial charge is 0.493 e. The van der Waals surface area contributed by atoms with Gasteiger partial charge < -0.3 is 29.2 Å². The van der Waals surface area contributed by atoms with Gasteiger partial charge in [-0.1, -0.05) is 12.1 Å². The van der Waals surface area contributed by atoms with Gasteiger partial charge in [0.1, 0.15) is 12.4 Å². The summed E-state index contributed by atoms with van der Waals surface area (Å²) < 4.78 is 36.1. The maximum absolute atomic E-state index is 13.3. The summed E-state index contributed by atoms with van der Waals surface area (Å²) in [5, 5.41) is 3.75.